The van der Waals surface area contributed by atoms with E-state index in [4.69, 9.17) is 5.11 Å². The number of aromatic carboxylic acids is 1. The van der Waals surface area contributed by atoms with E-state index in [1.165, 1.54) is 0 Å². The molecule has 100 valence electrons. The van der Waals surface area contributed by atoms with Crippen molar-refractivity contribution in [1.29, 1.82) is 0 Å². The van der Waals surface area contributed by atoms with Crippen LogP contribution >= 0.6 is 0 Å². The Balaban J connectivity index is 2.32. The van der Waals surface area contributed by atoms with Crippen molar-refractivity contribution in [3.63, 3.8) is 0 Å². The maximum atomic E-state index is 11.1. The molecule has 1 heterocycles. The lowest BCUT2D eigenvalue weighted by Gasteiger charge is -2.06. The van der Waals surface area contributed by atoms with Gasteiger partial charge in [-0.1, -0.05) is 30.7 Å². The van der Waals surface area contributed by atoms with E-state index in [0.29, 0.717) is 18.7 Å². The predicted molar refractivity (Wildman–Crippen MR) is 68.2 cm³/mol. The zero-order valence-electron chi connectivity index (χ0n) is 10.6. The summed E-state index contributed by atoms with van der Waals surface area (Å²) in [5.74, 6) is -0.890. The molecule has 1 aromatic carbocycles. The van der Waals surface area contributed by atoms with Gasteiger partial charge in [-0.3, -0.25) is 0 Å². The van der Waals surface area contributed by atoms with Gasteiger partial charge in [0.15, 0.2) is 5.69 Å². The SMILES string of the molecule is CCCc1c(C(=O)O)nnn1Cc1cccc(O)c1. The zero-order valence-corrected chi connectivity index (χ0v) is 10.6. The molecule has 2 N–H and O–H groups in total. The van der Waals surface area contributed by atoms with Crippen molar-refractivity contribution < 1.29 is 15.0 Å². The lowest BCUT2D eigenvalue weighted by molar-refractivity contribution is 0.0689. The molecule has 0 bridgehead atoms. The van der Waals surface area contributed by atoms with Crippen LogP contribution in [-0.2, 0) is 13.0 Å². The van der Waals surface area contributed by atoms with Gasteiger partial charge in [0.1, 0.15) is 5.75 Å². The second kappa shape index (κ2) is 5.51. The third kappa shape index (κ3) is 2.90. The summed E-state index contributed by atoms with van der Waals surface area (Å²) < 4.78 is 1.57. The topological polar surface area (TPSA) is 88.2 Å². The van der Waals surface area contributed by atoms with E-state index in [1.807, 2.05) is 13.0 Å². The Bertz CT molecular complexity index is 593. The number of hydrogen-bond acceptors (Lipinski definition) is 4. The fourth-order valence-corrected chi connectivity index (χ4v) is 1.94. The van der Waals surface area contributed by atoms with Crippen molar-refractivity contribution in [1.82, 2.24) is 15.0 Å². The molecule has 2 rings (SSSR count). The summed E-state index contributed by atoms with van der Waals surface area (Å²) in [5, 5.41) is 26.1. The molecule has 1 aromatic heterocycles. The van der Waals surface area contributed by atoms with Crippen LogP contribution in [0.5, 0.6) is 5.75 Å². The number of aromatic nitrogens is 3. The molecule has 0 atom stereocenters. The molecule has 0 amide bonds. The first-order valence-corrected chi connectivity index (χ1v) is 6.05. The van der Waals surface area contributed by atoms with E-state index in [2.05, 4.69) is 10.3 Å². The largest absolute Gasteiger partial charge is 0.508 e. The fourth-order valence-electron chi connectivity index (χ4n) is 1.94. The maximum Gasteiger partial charge on any atom is 0.358 e. The van der Waals surface area contributed by atoms with Gasteiger partial charge in [-0.2, -0.15) is 0 Å². The van der Waals surface area contributed by atoms with Crippen LogP contribution in [0.25, 0.3) is 0 Å². The number of rotatable bonds is 5. The van der Waals surface area contributed by atoms with Gasteiger partial charge in [-0.05, 0) is 24.1 Å². The summed E-state index contributed by atoms with van der Waals surface area (Å²) >= 11 is 0. The van der Waals surface area contributed by atoms with Gasteiger partial charge in [0.25, 0.3) is 0 Å². The third-order valence-corrected chi connectivity index (χ3v) is 2.77. The van der Waals surface area contributed by atoms with Gasteiger partial charge in [0, 0.05) is 0 Å². The van der Waals surface area contributed by atoms with Crippen LogP contribution in [0.2, 0.25) is 0 Å². The predicted octanol–water partition coefficient (Wildman–Crippen LogP) is 1.68. The van der Waals surface area contributed by atoms with Crippen molar-refractivity contribution in [3.05, 3.63) is 41.2 Å². The first-order chi connectivity index (χ1) is 9.11. The number of phenolic OH excluding ortho intramolecular Hbond substituents is 1. The van der Waals surface area contributed by atoms with Crippen LogP contribution in [0.3, 0.4) is 0 Å². The summed E-state index contributed by atoms with van der Waals surface area (Å²) in [4.78, 5) is 11.1. The van der Waals surface area contributed by atoms with Crippen LogP contribution in [0, 0.1) is 0 Å². The Morgan fingerprint density at radius 3 is 2.84 bits per heavy atom. The van der Waals surface area contributed by atoms with E-state index >= 15 is 0 Å². The minimum Gasteiger partial charge on any atom is -0.508 e. The highest BCUT2D eigenvalue weighted by Gasteiger charge is 2.18. The van der Waals surface area contributed by atoms with Crippen LogP contribution in [0.1, 0.15) is 35.1 Å². The van der Waals surface area contributed by atoms with Gasteiger partial charge in [-0.15, -0.1) is 5.10 Å². The minimum atomic E-state index is -1.06. The van der Waals surface area contributed by atoms with Gasteiger partial charge in [0.2, 0.25) is 0 Å². The van der Waals surface area contributed by atoms with E-state index in [0.717, 1.165) is 12.0 Å². The number of carboxylic acid groups (broad SMARTS) is 1. The molecule has 0 unspecified atom stereocenters. The number of aromatic hydroxyl groups is 1. The maximum absolute atomic E-state index is 11.1. The second-order valence-electron chi connectivity index (χ2n) is 4.27. The minimum absolute atomic E-state index is 0.00185. The molecule has 0 aliphatic heterocycles. The van der Waals surface area contributed by atoms with E-state index < -0.39 is 5.97 Å². The monoisotopic (exact) mass is 261 g/mol. The number of carbonyl (C=O) groups is 1. The molecule has 0 fully saturated rings. The molecule has 0 saturated carbocycles. The lowest BCUT2D eigenvalue weighted by Crippen LogP contribution is -2.09. The molecule has 6 heteroatoms. The van der Waals surface area contributed by atoms with Gasteiger partial charge >= 0.3 is 5.97 Å². The van der Waals surface area contributed by atoms with Gasteiger partial charge in [0.05, 0.1) is 12.2 Å². The molecule has 0 saturated heterocycles. The van der Waals surface area contributed by atoms with Crippen molar-refractivity contribution in [2.75, 3.05) is 0 Å². The van der Waals surface area contributed by atoms with Crippen LogP contribution in [0.4, 0.5) is 0 Å². The standard InChI is InChI=1S/C13H15N3O3/c1-2-4-11-12(13(18)19)14-15-16(11)8-9-5-3-6-10(17)7-9/h3,5-7,17H,2,4,8H2,1H3,(H,18,19). The molecule has 0 aliphatic rings. The Morgan fingerprint density at radius 2 is 2.21 bits per heavy atom. The highest BCUT2D eigenvalue weighted by Crippen LogP contribution is 2.15. The first kappa shape index (κ1) is 13.1. The molecule has 0 radical (unpaired) electrons. The summed E-state index contributed by atoms with van der Waals surface area (Å²) in [6.45, 7) is 2.36. The van der Waals surface area contributed by atoms with Crippen molar-refractivity contribution >= 4 is 5.97 Å². The van der Waals surface area contributed by atoms with E-state index in [-0.39, 0.29) is 11.4 Å². The Hall–Kier alpha value is -2.37. The Kier molecular flexibility index (Phi) is 3.79. The van der Waals surface area contributed by atoms with Gasteiger partial charge < -0.3 is 10.2 Å². The molecule has 0 aliphatic carbocycles. The molecule has 0 spiro atoms. The summed E-state index contributed by atoms with van der Waals surface area (Å²) in [7, 11) is 0. The number of benzene rings is 1. The van der Waals surface area contributed by atoms with Crippen molar-refractivity contribution in [3.8, 4) is 5.75 Å². The summed E-state index contributed by atoms with van der Waals surface area (Å²) in [6, 6.07) is 6.79. The third-order valence-electron chi connectivity index (χ3n) is 2.77. The highest BCUT2D eigenvalue weighted by atomic mass is 16.4. The van der Waals surface area contributed by atoms with Gasteiger partial charge in [-0.25, -0.2) is 9.48 Å². The summed E-state index contributed by atoms with van der Waals surface area (Å²) in [6.07, 6.45) is 1.42. The van der Waals surface area contributed by atoms with Crippen LogP contribution in [-0.4, -0.2) is 31.2 Å². The van der Waals surface area contributed by atoms with Crippen LogP contribution < -0.4 is 0 Å². The number of hydrogen-bond donors (Lipinski definition) is 2. The molecular formula is C13H15N3O3. The molecular weight excluding hydrogens is 246 g/mol. The number of carboxylic acids is 1. The van der Waals surface area contributed by atoms with Crippen molar-refractivity contribution in [2.45, 2.75) is 26.3 Å². The average Bonchev–Trinajstić information content (AvgIpc) is 2.73. The molecule has 19 heavy (non-hydrogen) atoms. The Labute approximate surface area is 110 Å². The van der Waals surface area contributed by atoms with Crippen LogP contribution in [0.15, 0.2) is 24.3 Å². The molecule has 2 aromatic rings. The smallest absolute Gasteiger partial charge is 0.358 e. The summed E-state index contributed by atoms with van der Waals surface area (Å²) in [5.41, 5.74) is 1.46. The van der Waals surface area contributed by atoms with E-state index in [9.17, 15) is 9.90 Å². The lowest BCUT2D eigenvalue weighted by atomic mass is 10.2. The normalized spacial score (nSPS) is 10.6. The number of nitrogens with zero attached hydrogens (tertiary/aromatic N) is 3. The first-order valence-electron chi connectivity index (χ1n) is 6.05. The van der Waals surface area contributed by atoms with Crippen molar-refractivity contribution in [2.24, 2.45) is 0 Å². The second-order valence-corrected chi connectivity index (χ2v) is 4.27. The quantitative estimate of drug-likeness (QED) is 0.854. The molecule has 6 nitrogen and oxygen atoms in total. The highest BCUT2D eigenvalue weighted by molar-refractivity contribution is 5.86. The Morgan fingerprint density at radius 1 is 1.42 bits per heavy atom. The van der Waals surface area contributed by atoms with E-state index in [1.54, 1.807) is 22.9 Å². The average molecular weight is 261 g/mol. The fraction of sp³-hybridized carbons (Fsp3) is 0.308. The number of phenols is 1. The zero-order chi connectivity index (χ0) is 13.8.